The molecular formula is C25H25F3N6O3. The van der Waals surface area contributed by atoms with Crippen molar-refractivity contribution in [2.45, 2.75) is 32.9 Å². The summed E-state index contributed by atoms with van der Waals surface area (Å²) in [5, 5.41) is 9.43. The molecule has 0 saturated heterocycles. The monoisotopic (exact) mass is 514 g/mol. The Bertz CT molecular complexity index is 1390. The van der Waals surface area contributed by atoms with Crippen LogP contribution in [0.15, 0.2) is 42.5 Å². The van der Waals surface area contributed by atoms with Gasteiger partial charge in [0.2, 0.25) is 5.91 Å². The number of nitrogens with zero attached hydrogens (tertiary/aromatic N) is 2. The number of hydrogen-bond donors (Lipinski definition) is 4. The molecule has 1 aliphatic rings. The number of anilines is 3. The summed E-state index contributed by atoms with van der Waals surface area (Å²) < 4.78 is 42.5. The molecule has 12 heteroatoms. The Hall–Kier alpha value is -4.19. The molecule has 194 valence electrons. The number of carbonyl (C=O) groups excluding carboxylic acids is 3. The first kappa shape index (κ1) is 25.9. The molecule has 6 N–H and O–H groups in total. The Balaban J connectivity index is 1.78. The molecule has 0 spiro atoms. The lowest BCUT2D eigenvalue weighted by Gasteiger charge is -2.29. The first-order valence-electron chi connectivity index (χ1n) is 11.3. The summed E-state index contributed by atoms with van der Waals surface area (Å²) >= 11 is 0. The lowest BCUT2D eigenvalue weighted by atomic mass is 9.75. The van der Waals surface area contributed by atoms with E-state index < -0.39 is 34.5 Å². The van der Waals surface area contributed by atoms with Gasteiger partial charge in [0, 0.05) is 17.8 Å². The van der Waals surface area contributed by atoms with E-state index in [0.29, 0.717) is 11.4 Å². The van der Waals surface area contributed by atoms with Crippen LogP contribution in [-0.2, 0) is 17.4 Å². The second kappa shape index (κ2) is 9.36. The van der Waals surface area contributed by atoms with Crippen molar-refractivity contribution in [1.29, 1.82) is 0 Å². The third-order valence-corrected chi connectivity index (χ3v) is 5.96. The first-order valence-corrected chi connectivity index (χ1v) is 11.3. The van der Waals surface area contributed by atoms with Gasteiger partial charge < -0.3 is 22.1 Å². The lowest BCUT2D eigenvalue weighted by molar-refractivity contribution is -0.141. The zero-order chi connectivity index (χ0) is 27.1. The molecule has 0 atom stereocenters. The molecule has 0 radical (unpaired) electrons. The molecule has 4 rings (SSSR count). The van der Waals surface area contributed by atoms with Crippen LogP contribution in [0.1, 0.15) is 52.4 Å². The summed E-state index contributed by atoms with van der Waals surface area (Å²) in [6.45, 7) is 3.44. The summed E-state index contributed by atoms with van der Waals surface area (Å²) in [6.07, 6.45) is -4.64. The maximum Gasteiger partial charge on any atom is 0.435 e. The normalized spacial score (nSPS) is 14.7. The number of nitrogens with one attached hydrogen (secondary N) is 2. The van der Waals surface area contributed by atoms with Crippen LogP contribution in [0.25, 0.3) is 5.69 Å². The average Bonchev–Trinajstić information content (AvgIpc) is 3.19. The van der Waals surface area contributed by atoms with E-state index in [4.69, 9.17) is 11.5 Å². The number of fused-ring (bicyclic) bond motifs is 1. The number of rotatable bonds is 6. The van der Waals surface area contributed by atoms with E-state index in [2.05, 4.69) is 15.7 Å². The second-order valence-electron chi connectivity index (χ2n) is 9.57. The molecule has 1 heterocycles. The second-order valence-corrected chi connectivity index (χ2v) is 9.57. The topological polar surface area (TPSA) is 145 Å². The van der Waals surface area contributed by atoms with Gasteiger partial charge in [-0.15, -0.1) is 0 Å². The van der Waals surface area contributed by atoms with Gasteiger partial charge in [-0.2, -0.15) is 18.3 Å². The highest BCUT2D eigenvalue weighted by molar-refractivity contribution is 6.01. The number of carbonyl (C=O) groups is 3. The largest absolute Gasteiger partial charge is 0.435 e. The average molecular weight is 515 g/mol. The van der Waals surface area contributed by atoms with Crippen LogP contribution in [0.3, 0.4) is 0 Å². The van der Waals surface area contributed by atoms with Crippen LogP contribution in [0, 0.1) is 5.41 Å². The Kier molecular flexibility index (Phi) is 6.55. The Labute approximate surface area is 210 Å². The van der Waals surface area contributed by atoms with E-state index >= 15 is 0 Å². The fourth-order valence-electron chi connectivity index (χ4n) is 4.35. The molecule has 0 bridgehead atoms. The number of halogens is 3. The van der Waals surface area contributed by atoms with Gasteiger partial charge in [0.25, 0.3) is 5.91 Å². The van der Waals surface area contributed by atoms with Gasteiger partial charge in [-0.05, 0) is 54.3 Å². The number of Topliss-reactive ketones (excluding diaryl/α,β-unsaturated/α-hetero) is 1. The lowest BCUT2D eigenvalue weighted by Crippen LogP contribution is -2.29. The van der Waals surface area contributed by atoms with Crippen molar-refractivity contribution in [3.05, 3.63) is 65.0 Å². The third kappa shape index (κ3) is 5.33. The highest BCUT2D eigenvalue weighted by atomic mass is 19.4. The molecule has 0 unspecified atom stereocenters. The van der Waals surface area contributed by atoms with Crippen LogP contribution < -0.4 is 22.1 Å². The third-order valence-electron chi connectivity index (χ3n) is 5.96. The van der Waals surface area contributed by atoms with Crippen LogP contribution in [0.2, 0.25) is 0 Å². The number of aromatic nitrogens is 2. The van der Waals surface area contributed by atoms with E-state index in [1.165, 1.54) is 18.2 Å². The molecular weight excluding hydrogens is 489 g/mol. The minimum Gasteiger partial charge on any atom is -0.366 e. The summed E-state index contributed by atoms with van der Waals surface area (Å²) in [5.41, 5.74) is 10.3. The number of primary amides is 1. The highest BCUT2D eigenvalue weighted by Gasteiger charge is 2.45. The van der Waals surface area contributed by atoms with Gasteiger partial charge in [-0.3, -0.25) is 14.4 Å². The number of hydrogen-bond acceptors (Lipinski definition) is 6. The van der Waals surface area contributed by atoms with E-state index in [9.17, 15) is 27.6 Å². The van der Waals surface area contributed by atoms with Crippen molar-refractivity contribution in [3.63, 3.8) is 0 Å². The minimum atomic E-state index is -4.82. The molecule has 0 aliphatic heterocycles. The van der Waals surface area contributed by atoms with Gasteiger partial charge in [0.1, 0.15) is 0 Å². The van der Waals surface area contributed by atoms with E-state index in [0.717, 1.165) is 4.68 Å². The van der Waals surface area contributed by atoms with Crippen molar-refractivity contribution in [2.75, 3.05) is 17.2 Å². The summed E-state index contributed by atoms with van der Waals surface area (Å²) in [4.78, 5) is 36.3. The van der Waals surface area contributed by atoms with Crippen molar-refractivity contribution < 1.29 is 27.6 Å². The fraction of sp³-hybridized carbons (Fsp3) is 0.280. The summed E-state index contributed by atoms with van der Waals surface area (Å²) in [5.74, 6) is -1.73. The van der Waals surface area contributed by atoms with Crippen LogP contribution in [-0.4, -0.2) is 33.9 Å². The molecule has 1 aliphatic carbocycles. The molecule has 37 heavy (non-hydrogen) atoms. The van der Waals surface area contributed by atoms with Crippen LogP contribution in [0.5, 0.6) is 0 Å². The maximum atomic E-state index is 13.8. The predicted molar refractivity (Wildman–Crippen MR) is 131 cm³/mol. The van der Waals surface area contributed by atoms with Crippen LogP contribution in [0.4, 0.5) is 30.2 Å². The molecule has 2 amide bonds. The maximum absolute atomic E-state index is 13.8. The number of ketones is 1. The highest BCUT2D eigenvalue weighted by Crippen LogP contribution is 2.42. The zero-order valence-electron chi connectivity index (χ0n) is 20.1. The Morgan fingerprint density at radius 1 is 1.08 bits per heavy atom. The van der Waals surface area contributed by atoms with Gasteiger partial charge in [-0.25, -0.2) is 4.68 Å². The van der Waals surface area contributed by atoms with Gasteiger partial charge in [0.15, 0.2) is 11.5 Å². The van der Waals surface area contributed by atoms with Crippen molar-refractivity contribution in [1.82, 2.24) is 9.78 Å². The van der Waals surface area contributed by atoms with Gasteiger partial charge in [-0.1, -0.05) is 13.8 Å². The van der Waals surface area contributed by atoms with Crippen LogP contribution >= 0.6 is 0 Å². The molecule has 2 aromatic carbocycles. The van der Waals surface area contributed by atoms with E-state index in [1.807, 2.05) is 0 Å². The first-order chi connectivity index (χ1) is 17.3. The standard InChI is InChI=1S/C25H25F3N6O3/c1-24(2)10-18-21(19(35)11-24)22(25(26,27)28)33-34(18)15-7-8-16(23(30)37)17(9-15)31-13-3-5-14(6-4-13)32-20(36)12-29/h3-9,31H,10-12,29H2,1-2H3,(H2,30,37)(H,32,36). The smallest absolute Gasteiger partial charge is 0.366 e. The zero-order valence-corrected chi connectivity index (χ0v) is 20.1. The fourth-order valence-corrected chi connectivity index (χ4v) is 4.35. The number of alkyl halides is 3. The van der Waals surface area contributed by atoms with Crippen molar-refractivity contribution >= 4 is 34.7 Å². The number of benzene rings is 2. The Morgan fingerprint density at radius 2 is 1.73 bits per heavy atom. The minimum absolute atomic E-state index is 0.0239. The van der Waals surface area contributed by atoms with Gasteiger partial charge in [0.05, 0.1) is 34.7 Å². The quantitative estimate of drug-likeness (QED) is 0.394. The van der Waals surface area contributed by atoms with Crippen molar-refractivity contribution in [2.24, 2.45) is 16.9 Å². The van der Waals surface area contributed by atoms with Gasteiger partial charge >= 0.3 is 6.18 Å². The Morgan fingerprint density at radius 3 is 2.32 bits per heavy atom. The number of nitrogens with two attached hydrogens (primary N) is 2. The van der Waals surface area contributed by atoms with Crippen molar-refractivity contribution in [3.8, 4) is 5.69 Å². The SMILES string of the molecule is CC1(C)CC(=O)c2c(C(F)(F)F)nn(-c3ccc(C(N)=O)c(Nc4ccc(NC(=O)CN)cc4)c3)c2C1. The summed E-state index contributed by atoms with van der Waals surface area (Å²) in [7, 11) is 0. The molecule has 0 fully saturated rings. The molecule has 3 aromatic rings. The van der Waals surface area contributed by atoms with E-state index in [1.54, 1.807) is 38.1 Å². The van der Waals surface area contributed by atoms with E-state index in [-0.39, 0.29) is 47.9 Å². The predicted octanol–water partition coefficient (Wildman–Crippen LogP) is 3.79. The number of amides is 2. The molecule has 1 aromatic heterocycles. The summed E-state index contributed by atoms with van der Waals surface area (Å²) in [6, 6.07) is 10.7. The molecule has 0 saturated carbocycles. The molecule has 9 nitrogen and oxygen atoms in total.